The lowest BCUT2D eigenvalue weighted by atomic mass is 9.93. The Bertz CT molecular complexity index is 783. The van der Waals surface area contributed by atoms with Crippen LogP contribution < -0.4 is 4.74 Å². The first-order valence-electron chi connectivity index (χ1n) is 7.81. The lowest BCUT2D eigenvalue weighted by Gasteiger charge is -2.26. The molecule has 0 atom stereocenters. The Morgan fingerprint density at radius 3 is 2.46 bits per heavy atom. The van der Waals surface area contributed by atoms with Crippen LogP contribution in [0, 0.1) is 0 Å². The number of benzene rings is 2. The Labute approximate surface area is 137 Å². The van der Waals surface area contributed by atoms with Crippen molar-refractivity contribution >= 4 is 17.1 Å². The van der Waals surface area contributed by atoms with Crippen LogP contribution in [-0.4, -0.2) is 12.4 Å². The van der Waals surface area contributed by atoms with Gasteiger partial charge in [0.1, 0.15) is 17.6 Å². The minimum atomic E-state index is -4.53. The van der Waals surface area contributed by atoms with Gasteiger partial charge in [0.15, 0.2) is 0 Å². The lowest BCUT2D eigenvalue weighted by Crippen LogP contribution is -2.22. The second kappa shape index (κ2) is 6.30. The van der Waals surface area contributed by atoms with E-state index in [2.05, 4.69) is 6.58 Å². The standard InChI is InChI=1S/C19H17F3O2/c1-12-2-6-15(7-3-12)24-17-9-5-14-10-13(11-23)4-8-16(14)18(17)19(20,21)22/h4-5,8-11,15H,1-3,6-7H2. The highest BCUT2D eigenvalue weighted by Crippen LogP contribution is 2.42. The number of allylic oxidation sites excluding steroid dienone is 1. The van der Waals surface area contributed by atoms with Gasteiger partial charge in [0.05, 0.1) is 6.10 Å². The maximum Gasteiger partial charge on any atom is 0.420 e. The number of halogens is 3. The first kappa shape index (κ1) is 16.6. The molecule has 0 unspecified atom stereocenters. The average molecular weight is 334 g/mol. The summed E-state index contributed by atoms with van der Waals surface area (Å²) in [5.74, 6) is -0.147. The molecule has 1 aliphatic carbocycles. The third-order valence-corrected chi connectivity index (χ3v) is 4.36. The van der Waals surface area contributed by atoms with E-state index in [1.54, 1.807) is 6.07 Å². The fourth-order valence-corrected chi connectivity index (χ4v) is 3.09. The van der Waals surface area contributed by atoms with Crippen molar-refractivity contribution in [2.24, 2.45) is 0 Å². The number of hydrogen-bond acceptors (Lipinski definition) is 2. The van der Waals surface area contributed by atoms with Crippen LogP contribution in [0.3, 0.4) is 0 Å². The number of hydrogen-bond donors (Lipinski definition) is 0. The number of alkyl halides is 3. The Hall–Kier alpha value is -2.30. The van der Waals surface area contributed by atoms with Gasteiger partial charge >= 0.3 is 6.18 Å². The molecule has 1 fully saturated rings. The fourth-order valence-electron chi connectivity index (χ4n) is 3.09. The normalized spacial score (nSPS) is 16.4. The van der Waals surface area contributed by atoms with Gasteiger partial charge in [-0.3, -0.25) is 4.79 Å². The number of carbonyl (C=O) groups excluding carboxylic acids is 1. The van der Waals surface area contributed by atoms with Gasteiger partial charge in [-0.1, -0.05) is 30.4 Å². The van der Waals surface area contributed by atoms with Crippen molar-refractivity contribution in [2.75, 3.05) is 0 Å². The van der Waals surface area contributed by atoms with E-state index in [4.69, 9.17) is 4.74 Å². The zero-order chi connectivity index (χ0) is 17.3. The molecule has 24 heavy (non-hydrogen) atoms. The molecular weight excluding hydrogens is 317 g/mol. The van der Waals surface area contributed by atoms with E-state index in [1.807, 2.05) is 0 Å². The highest BCUT2D eigenvalue weighted by Gasteiger charge is 2.37. The molecule has 0 bridgehead atoms. The molecule has 126 valence electrons. The van der Waals surface area contributed by atoms with Crippen LogP contribution in [0.2, 0.25) is 0 Å². The second-order valence-corrected chi connectivity index (χ2v) is 6.10. The largest absolute Gasteiger partial charge is 0.490 e. The lowest BCUT2D eigenvalue weighted by molar-refractivity contribution is -0.138. The highest BCUT2D eigenvalue weighted by atomic mass is 19.4. The quantitative estimate of drug-likeness (QED) is 0.543. The van der Waals surface area contributed by atoms with Crippen LogP contribution >= 0.6 is 0 Å². The van der Waals surface area contributed by atoms with Crippen molar-refractivity contribution in [1.29, 1.82) is 0 Å². The summed E-state index contributed by atoms with van der Waals surface area (Å²) in [6.07, 6.45) is -1.23. The summed E-state index contributed by atoms with van der Waals surface area (Å²) in [4.78, 5) is 10.8. The van der Waals surface area contributed by atoms with Crippen molar-refractivity contribution in [3.8, 4) is 5.75 Å². The summed E-state index contributed by atoms with van der Waals surface area (Å²) in [5.41, 5.74) is 0.683. The molecule has 2 aromatic carbocycles. The fraction of sp³-hybridized carbons (Fsp3) is 0.316. The van der Waals surface area contributed by atoms with E-state index < -0.39 is 11.7 Å². The maximum absolute atomic E-state index is 13.6. The summed E-state index contributed by atoms with van der Waals surface area (Å²) in [5, 5.41) is 0.419. The summed E-state index contributed by atoms with van der Waals surface area (Å²) < 4.78 is 46.5. The molecular formula is C19H17F3O2. The van der Waals surface area contributed by atoms with Crippen molar-refractivity contribution in [3.63, 3.8) is 0 Å². The summed E-state index contributed by atoms with van der Waals surface area (Å²) in [6.45, 7) is 3.91. The summed E-state index contributed by atoms with van der Waals surface area (Å²) in [7, 11) is 0. The number of ether oxygens (including phenoxy) is 1. The number of aldehydes is 1. The van der Waals surface area contributed by atoms with Crippen molar-refractivity contribution < 1.29 is 22.7 Å². The number of fused-ring (bicyclic) bond motifs is 1. The molecule has 1 aliphatic rings. The van der Waals surface area contributed by atoms with Gasteiger partial charge in [0, 0.05) is 5.56 Å². The first-order valence-corrected chi connectivity index (χ1v) is 7.81. The molecule has 0 N–H and O–H groups in total. The Morgan fingerprint density at radius 1 is 1.12 bits per heavy atom. The smallest absolute Gasteiger partial charge is 0.420 e. The Kier molecular flexibility index (Phi) is 4.35. The van der Waals surface area contributed by atoms with Gasteiger partial charge in [-0.25, -0.2) is 0 Å². The zero-order valence-electron chi connectivity index (χ0n) is 13.0. The van der Waals surface area contributed by atoms with Crippen LogP contribution in [0.1, 0.15) is 41.6 Å². The van der Waals surface area contributed by atoms with Crippen molar-refractivity contribution in [1.82, 2.24) is 0 Å². The molecule has 0 heterocycles. The van der Waals surface area contributed by atoms with Gasteiger partial charge in [0.25, 0.3) is 0 Å². The van der Waals surface area contributed by atoms with Crippen LogP contribution in [-0.2, 0) is 6.18 Å². The first-order chi connectivity index (χ1) is 11.4. The third kappa shape index (κ3) is 3.30. The van der Waals surface area contributed by atoms with Crippen LogP contribution in [0.25, 0.3) is 10.8 Å². The highest BCUT2D eigenvalue weighted by molar-refractivity contribution is 5.92. The van der Waals surface area contributed by atoms with Gasteiger partial charge in [-0.15, -0.1) is 0 Å². The predicted octanol–water partition coefficient (Wildman–Crippen LogP) is 5.55. The molecule has 0 spiro atoms. The Balaban J connectivity index is 2.03. The van der Waals surface area contributed by atoms with E-state index in [0.717, 1.165) is 18.4 Å². The van der Waals surface area contributed by atoms with Gasteiger partial charge < -0.3 is 4.74 Å². The van der Waals surface area contributed by atoms with Crippen LogP contribution in [0.15, 0.2) is 42.5 Å². The minimum Gasteiger partial charge on any atom is -0.490 e. The molecule has 0 amide bonds. The van der Waals surface area contributed by atoms with E-state index in [-0.39, 0.29) is 17.2 Å². The minimum absolute atomic E-state index is 0.0471. The average Bonchev–Trinajstić information content (AvgIpc) is 2.55. The van der Waals surface area contributed by atoms with Gasteiger partial charge in [-0.05, 0) is 48.6 Å². The molecule has 2 aromatic rings. The number of carbonyl (C=O) groups is 1. The van der Waals surface area contributed by atoms with Crippen LogP contribution in [0.5, 0.6) is 5.75 Å². The zero-order valence-corrected chi connectivity index (χ0v) is 13.0. The Morgan fingerprint density at radius 2 is 1.83 bits per heavy atom. The molecule has 0 aromatic heterocycles. The molecule has 0 aliphatic heterocycles. The maximum atomic E-state index is 13.6. The van der Waals surface area contributed by atoms with E-state index in [9.17, 15) is 18.0 Å². The SMILES string of the molecule is C=C1CCC(Oc2ccc3cc(C=O)ccc3c2C(F)(F)F)CC1. The molecule has 0 radical (unpaired) electrons. The number of rotatable bonds is 3. The summed E-state index contributed by atoms with van der Waals surface area (Å²) in [6, 6.07) is 7.08. The second-order valence-electron chi connectivity index (χ2n) is 6.10. The predicted molar refractivity (Wildman–Crippen MR) is 86.4 cm³/mol. The topological polar surface area (TPSA) is 26.3 Å². The van der Waals surface area contributed by atoms with E-state index in [1.165, 1.54) is 24.3 Å². The van der Waals surface area contributed by atoms with E-state index in [0.29, 0.717) is 30.1 Å². The van der Waals surface area contributed by atoms with Gasteiger partial charge in [0.2, 0.25) is 0 Å². The molecule has 5 heteroatoms. The van der Waals surface area contributed by atoms with E-state index >= 15 is 0 Å². The molecule has 1 saturated carbocycles. The third-order valence-electron chi connectivity index (χ3n) is 4.36. The molecule has 3 rings (SSSR count). The summed E-state index contributed by atoms with van der Waals surface area (Å²) >= 11 is 0. The molecule has 0 saturated heterocycles. The van der Waals surface area contributed by atoms with Gasteiger partial charge in [-0.2, -0.15) is 13.2 Å². The molecule has 2 nitrogen and oxygen atoms in total. The van der Waals surface area contributed by atoms with Crippen LogP contribution in [0.4, 0.5) is 13.2 Å². The van der Waals surface area contributed by atoms with Crippen molar-refractivity contribution in [2.45, 2.75) is 38.0 Å². The van der Waals surface area contributed by atoms with Crippen molar-refractivity contribution in [3.05, 3.63) is 53.6 Å². The monoisotopic (exact) mass is 334 g/mol.